The van der Waals surface area contributed by atoms with Crippen LogP contribution in [-0.4, -0.2) is 12.2 Å². The van der Waals surface area contributed by atoms with Crippen LogP contribution in [0.15, 0.2) is 70.5 Å². The third-order valence-electron chi connectivity index (χ3n) is 8.45. The van der Waals surface area contributed by atoms with Crippen LogP contribution >= 0.6 is 11.8 Å². The quantitative estimate of drug-likeness (QED) is 0.308. The van der Waals surface area contributed by atoms with Crippen LogP contribution in [-0.2, 0) is 5.41 Å². The highest BCUT2D eigenvalue weighted by Crippen LogP contribution is 2.58. The number of aryl methyl sites for hydroxylation is 2. The molecule has 0 saturated heterocycles. The van der Waals surface area contributed by atoms with Gasteiger partial charge in [0.1, 0.15) is 11.5 Å². The molecular formula is C33H34O2S. The summed E-state index contributed by atoms with van der Waals surface area (Å²) in [6.45, 7) is 4.34. The van der Waals surface area contributed by atoms with Gasteiger partial charge in [0, 0.05) is 15.7 Å². The summed E-state index contributed by atoms with van der Waals surface area (Å²) in [6.07, 6.45) is 8.72. The fourth-order valence-electron chi connectivity index (χ4n) is 6.70. The van der Waals surface area contributed by atoms with Gasteiger partial charge in [-0.2, -0.15) is 0 Å². The number of benzene rings is 4. The molecule has 36 heavy (non-hydrogen) atoms. The lowest BCUT2D eigenvalue weighted by Gasteiger charge is -2.34. The smallest absolute Gasteiger partial charge is 0.133 e. The average molecular weight is 495 g/mol. The molecule has 0 atom stereocenters. The largest absolute Gasteiger partial charge is 0.507 e. The van der Waals surface area contributed by atoms with Gasteiger partial charge in [0.2, 0.25) is 0 Å². The zero-order valence-corrected chi connectivity index (χ0v) is 22.3. The van der Waals surface area contributed by atoms with E-state index in [1.54, 1.807) is 18.9 Å². The van der Waals surface area contributed by atoms with Crippen molar-refractivity contribution in [3.05, 3.63) is 82.9 Å². The van der Waals surface area contributed by atoms with E-state index in [1.165, 1.54) is 70.4 Å². The van der Waals surface area contributed by atoms with Crippen molar-refractivity contribution >= 4 is 22.5 Å². The van der Waals surface area contributed by atoms with Crippen LogP contribution in [0.5, 0.6) is 11.5 Å². The first-order valence-corrected chi connectivity index (χ1v) is 14.1. The predicted octanol–water partition coefficient (Wildman–Crippen LogP) is 9.33. The Bertz CT molecular complexity index is 1440. The van der Waals surface area contributed by atoms with Crippen LogP contribution in [0.3, 0.4) is 0 Å². The molecule has 1 fully saturated rings. The summed E-state index contributed by atoms with van der Waals surface area (Å²) in [5.41, 5.74) is 7.95. The monoisotopic (exact) mass is 494 g/mol. The van der Waals surface area contributed by atoms with Crippen LogP contribution in [0.25, 0.3) is 21.9 Å². The van der Waals surface area contributed by atoms with E-state index in [0.29, 0.717) is 5.75 Å². The normalized spacial score (nSPS) is 16.4. The molecule has 0 aromatic heterocycles. The molecule has 0 amide bonds. The summed E-state index contributed by atoms with van der Waals surface area (Å²) in [5.74, 6) is 1.16. The van der Waals surface area contributed by atoms with Crippen molar-refractivity contribution in [3.8, 4) is 22.6 Å². The number of aromatic hydroxyl groups is 1. The molecule has 2 aliphatic rings. The molecule has 0 heterocycles. The van der Waals surface area contributed by atoms with Gasteiger partial charge >= 0.3 is 0 Å². The van der Waals surface area contributed by atoms with Gasteiger partial charge in [-0.3, -0.25) is 0 Å². The molecule has 184 valence electrons. The predicted molar refractivity (Wildman–Crippen MR) is 151 cm³/mol. The SMILES string of the molecule is COc1cc2c(O)cc3c(c2cc1Sc1c(C)cccc1C)-c1ccccc1C31CCCCCCC1. The van der Waals surface area contributed by atoms with Gasteiger partial charge in [0.05, 0.1) is 12.0 Å². The lowest BCUT2D eigenvalue weighted by Crippen LogP contribution is -2.26. The fourth-order valence-corrected chi connectivity index (χ4v) is 7.80. The van der Waals surface area contributed by atoms with Crippen molar-refractivity contribution in [1.82, 2.24) is 0 Å². The van der Waals surface area contributed by atoms with E-state index < -0.39 is 0 Å². The van der Waals surface area contributed by atoms with Crippen molar-refractivity contribution in [3.63, 3.8) is 0 Å². The zero-order valence-electron chi connectivity index (χ0n) is 21.5. The van der Waals surface area contributed by atoms with E-state index >= 15 is 0 Å². The molecule has 4 aromatic carbocycles. The number of fused-ring (bicyclic) bond motifs is 7. The summed E-state index contributed by atoms with van der Waals surface area (Å²) in [7, 11) is 1.72. The van der Waals surface area contributed by atoms with E-state index in [4.69, 9.17) is 4.74 Å². The van der Waals surface area contributed by atoms with E-state index in [2.05, 4.69) is 68.4 Å². The van der Waals surface area contributed by atoms with Crippen molar-refractivity contribution in [2.24, 2.45) is 0 Å². The Kier molecular flexibility index (Phi) is 6.00. The van der Waals surface area contributed by atoms with E-state index in [9.17, 15) is 5.11 Å². The minimum atomic E-state index is -0.00213. The third kappa shape index (κ3) is 3.63. The van der Waals surface area contributed by atoms with Crippen LogP contribution in [0.1, 0.15) is 67.2 Å². The zero-order chi connectivity index (χ0) is 24.9. The highest BCUT2D eigenvalue weighted by atomic mass is 32.2. The Labute approximate surface area is 218 Å². The average Bonchev–Trinajstić information content (AvgIpc) is 3.13. The van der Waals surface area contributed by atoms with E-state index in [0.717, 1.165) is 34.3 Å². The number of hydrogen-bond acceptors (Lipinski definition) is 3. The second kappa shape index (κ2) is 9.19. The number of rotatable bonds is 3. The van der Waals surface area contributed by atoms with Gasteiger partial charge in [-0.15, -0.1) is 0 Å². The maximum atomic E-state index is 11.4. The molecule has 0 unspecified atom stereocenters. The van der Waals surface area contributed by atoms with Crippen molar-refractivity contribution in [2.75, 3.05) is 7.11 Å². The molecule has 4 aromatic rings. The first-order valence-electron chi connectivity index (χ1n) is 13.3. The molecule has 1 N–H and O–H groups in total. The topological polar surface area (TPSA) is 29.5 Å². The number of methoxy groups -OCH3 is 1. The molecule has 1 spiro atoms. The first-order chi connectivity index (χ1) is 17.5. The summed E-state index contributed by atoms with van der Waals surface area (Å²) < 4.78 is 5.86. The Balaban J connectivity index is 1.62. The minimum Gasteiger partial charge on any atom is -0.507 e. The lowest BCUT2D eigenvalue weighted by molar-refractivity contribution is 0.372. The number of phenols is 1. The molecule has 0 aliphatic heterocycles. The summed E-state index contributed by atoms with van der Waals surface area (Å²) in [4.78, 5) is 2.36. The number of phenolic OH excluding ortho intramolecular Hbond substituents is 1. The molecular weight excluding hydrogens is 460 g/mol. The second-order valence-electron chi connectivity index (χ2n) is 10.6. The number of ether oxygens (including phenoxy) is 1. The summed E-state index contributed by atoms with van der Waals surface area (Å²) in [6, 6.07) is 21.8. The van der Waals surface area contributed by atoms with E-state index in [-0.39, 0.29) is 5.41 Å². The standard InChI is InChI=1S/C33H34O2S/c1-21-12-11-13-22(2)32(21)36-30-19-25-24(18-29(30)35-3)28(34)20-27-31(25)23-14-7-8-15-26(23)33(27)16-9-5-4-6-10-17-33/h7-8,11-15,18-20,34H,4-6,9-10,16-17H2,1-3H3. The van der Waals surface area contributed by atoms with Gasteiger partial charge in [-0.1, -0.05) is 86.3 Å². The van der Waals surface area contributed by atoms with Gasteiger partial charge < -0.3 is 9.84 Å². The molecule has 1 saturated carbocycles. The Morgan fingerprint density at radius 1 is 0.778 bits per heavy atom. The Morgan fingerprint density at radius 3 is 2.19 bits per heavy atom. The molecule has 6 rings (SSSR count). The van der Waals surface area contributed by atoms with Crippen LogP contribution in [0.2, 0.25) is 0 Å². The molecule has 0 radical (unpaired) electrons. The third-order valence-corrected chi connectivity index (χ3v) is 9.84. The molecule has 0 bridgehead atoms. The summed E-state index contributed by atoms with van der Waals surface area (Å²) >= 11 is 1.77. The lowest BCUT2D eigenvalue weighted by atomic mass is 9.69. The van der Waals surface area contributed by atoms with Crippen LogP contribution in [0, 0.1) is 13.8 Å². The maximum Gasteiger partial charge on any atom is 0.133 e. The molecule has 2 aliphatic carbocycles. The fraction of sp³-hybridized carbons (Fsp3) is 0.333. The van der Waals surface area contributed by atoms with Gasteiger partial charge in [0.25, 0.3) is 0 Å². The van der Waals surface area contributed by atoms with Gasteiger partial charge in [-0.05, 0) is 83.7 Å². The highest BCUT2D eigenvalue weighted by molar-refractivity contribution is 7.99. The van der Waals surface area contributed by atoms with Crippen LogP contribution < -0.4 is 4.74 Å². The minimum absolute atomic E-state index is 0.00213. The Morgan fingerprint density at radius 2 is 1.47 bits per heavy atom. The Hall–Kier alpha value is -2.91. The van der Waals surface area contributed by atoms with Gasteiger partial charge in [-0.25, -0.2) is 0 Å². The highest BCUT2D eigenvalue weighted by Gasteiger charge is 2.43. The number of hydrogen-bond donors (Lipinski definition) is 1. The van der Waals surface area contributed by atoms with Crippen molar-refractivity contribution in [1.29, 1.82) is 0 Å². The first kappa shape index (κ1) is 23.5. The maximum absolute atomic E-state index is 11.4. The molecule has 3 heteroatoms. The van der Waals surface area contributed by atoms with Gasteiger partial charge in [0.15, 0.2) is 0 Å². The van der Waals surface area contributed by atoms with E-state index in [1.807, 2.05) is 6.07 Å². The summed E-state index contributed by atoms with van der Waals surface area (Å²) in [5, 5.41) is 13.4. The van der Waals surface area contributed by atoms with Crippen molar-refractivity contribution in [2.45, 2.75) is 74.0 Å². The van der Waals surface area contributed by atoms with Crippen molar-refractivity contribution < 1.29 is 9.84 Å². The van der Waals surface area contributed by atoms with Crippen LogP contribution in [0.4, 0.5) is 0 Å². The molecule has 2 nitrogen and oxygen atoms in total. The second-order valence-corrected chi connectivity index (χ2v) is 11.6.